The highest BCUT2D eigenvalue weighted by atomic mass is 19.1. The van der Waals surface area contributed by atoms with Gasteiger partial charge in [0.25, 0.3) is 5.91 Å². The van der Waals surface area contributed by atoms with Gasteiger partial charge in [0.2, 0.25) is 5.43 Å². The molecule has 0 unspecified atom stereocenters. The zero-order valence-electron chi connectivity index (χ0n) is 23.9. The van der Waals surface area contributed by atoms with E-state index in [1.54, 1.807) is 40.0 Å². The number of anilines is 1. The molecule has 3 heterocycles. The van der Waals surface area contributed by atoms with Crippen molar-refractivity contribution in [2.45, 2.75) is 20.8 Å². The Bertz CT molecular complexity index is 1910. The molecule has 43 heavy (non-hydrogen) atoms. The zero-order valence-corrected chi connectivity index (χ0v) is 23.9. The largest absolute Gasteiger partial charge is 0.489 e. The lowest BCUT2D eigenvalue weighted by Crippen LogP contribution is -2.26. The molecule has 0 saturated carbocycles. The van der Waals surface area contributed by atoms with Crippen molar-refractivity contribution in [2.75, 3.05) is 25.6 Å². The molecule has 2 aromatic carbocycles. The van der Waals surface area contributed by atoms with E-state index in [-0.39, 0.29) is 28.3 Å². The Hall–Kier alpha value is -5.16. The normalized spacial score (nSPS) is 11.0. The molecule has 2 N–H and O–H groups in total. The van der Waals surface area contributed by atoms with Crippen LogP contribution in [0.15, 0.2) is 65.7 Å². The predicted octanol–water partition coefficient (Wildman–Crippen LogP) is 6.26. The number of H-pyrrole nitrogens is 1. The van der Waals surface area contributed by atoms with Crippen molar-refractivity contribution in [3.8, 4) is 28.4 Å². The number of halogens is 2. The van der Waals surface area contributed by atoms with Crippen LogP contribution in [0.5, 0.6) is 17.2 Å². The molecule has 0 aliphatic rings. The van der Waals surface area contributed by atoms with Crippen molar-refractivity contribution in [2.24, 2.45) is 0 Å². The molecule has 9 nitrogen and oxygen atoms in total. The first kappa shape index (κ1) is 29.3. The van der Waals surface area contributed by atoms with Crippen molar-refractivity contribution >= 4 is 22.6 Å². The van der Waals surface area contributed by atoms with Crippen LogP contribution in [0, 0.1) is 32.4 Å². The summed E-state index contributed by atoms with van der Waals surface area (Å²) in [4.78, 5) is 38.5. The third-order valence-corrected chi connectivity index (χ3v) is 6.75. The van der Waals surface area contributed by atoms with Crippen LogP contribution in [0.25, 0.3) is 22.2 Å². The summed E-state index contributed by atoms with van der Waals surface area (Å²) in [5, 5.41) is 2.59. The average molecular weight is 587 g/mol. The fourth-order valence-electron chi connectivity index (χ4n) is 4.74. The van der Waals surface area contributed by atoms with Gasteiger partial charge in [0.05, 0.1) is 18.3 Å². The van der Waals surface area contributed by atoms with Gasteiger partial charge in [-0.25, -0.2) is 13.8 Å². The number of hydrogen-bond donors (Lipinski definition) is 2. The van der Waals surface area contributed by atoms with Crippen LogP contribution in [-0.4, -0.2) is 41.2 Å². The van der Waals surface area contributed by atoms with E-state index in [1.165, 1.54) is 42.7 Å². The Balaban J connectivity index is 1.38. The highest BCUT2D eigenvalue weighted by molar-refractivity contribution is 6.05. The second-order valence-electron chi connectivity index (χ2n) is 9.80. The van der Waals surface area contributed by atoms with Gasteiger partial charge >= 0.3 is 0 Å². The molecule has 5 rings (SSSR count). The maximum atomic E-state index is 15.2. The van der Waals surface area contributed by atoms with Gasteiger partial charge in [0.1, 0.15) is 29.3 Å². The van der Waals surface area contributed by atoms with Gasteiger partial charge in [-0.15, -0.1) is 0 Å². The molecule has 0 fully saturated rings. The van der Waals surface area contributed by atoms with Crippen LogP contribution >= 0.6 is 0 Å². The van der Waals surface area contributed by atoms with E-state index in [4.69, 9.17) is 14.2 Å². The van der Waals surface area contributed by atoms with E-state index in [1.807, 2.05) is 0 Å². The van der Waals surface area contributed by atoms with Gasteiger partial charge in [-0.05, 0) is 56.2 Å². The second-order valence-corrected chi connectivity index (χ2v) is 9.80. The van der Waals surface area contributed by atoms with Crippen molar-refractivity contribution in [3.05, 3.63) is 105 Å². The number of rotatable bonds is 9. The topological polar surface area (TPSA) is 115 Å². The summed E-state index contributed by atoms with van der Waals surface area (Å²) < 4.78 is 45.2. The number of hydrogen-bond acceptors (Lipinski definition) is 7. The molecule has 1 amide bonds. The summed E-state index contributed by atoms with van der Waals surface area (Å²) >= 11 is 0. The molecule has 0 radical (unpaired) electrons. The molecule has 0 aliphatic heterocycles. The molecule has 220 valence electrons. The summed E-state index contributed by atoms with van der Waals surface area (Å²) in [6, 6.07) is 11.2. The highest BCUT2D eigenvalue weighted by Crippen LogP contribution is 2.32. The van der Waals surface area contributed by atoms with Crippen molar-refractivity contribution < 1.29 is 27.8 Å². The van der Waals surface area contributed by atoms with Crippen LogP contribution in [0.4, 0.5) is 14.5 Å². The van der Waals surface area contributed by atoms with Crippen LogP contribution in [0.1, 0.15) is 27.3 Å². The molecule has 0 aliphatic carbocycles. The maximum Gasteiger partial charge on any atom is 0.261 e. The number of ether oxygens (including phenoxy) is 3. The molecule has 11 heteroatoms. The Morgan fingerprint density at radius 2 is 1.77 bits per heavy atom. The van der Waals surface area contributed by atoms with Crippen LogP contribution in [0.2, 0.25) is 0 Å². The number of aryl methyl sites for hydroxylation is 3. The Labute approximate surface area is 245 Å². The van der Waals surface area contributed by atoms with E-state index in [9.17, 15) is 14.0 Å². The first-order chi connectivity index (χ1) is 20.7. The molecular formula is C32H28F2N4O5. The predicted molar refractivity (Wildman–Crippen MR) is 158 cm³/mol. The zero-order chi connectivity index (χ0) is 30.7. The molecular weight excluding hydrogens is 558 g/mol. The Morgan fingerprint density at radius 1 is 0.953 bits per heavy atom. The van der Waals surface area contributed by atoms with Crippen LogP contribution in [0.3, 0.4) is 0 Å². The number of methoxy groups -OCH3 is 1. The number of nitrogens with zero attached hydrogens (tertiary/aromatic N) is 2. The highest BCUT2D eigenvalue weighted by Gasteiger charge is 2.22. The minimum absolute atomic E-state index is 0.105. The third-order valence-electron chi connectivity index (χ3n) is 6.75. The minimum atomic E-state index is -0.751. The molecule has 0 saturated heterocycles. The van der Waals surface area contributed by atoms with Gasteiger partial charge in [0.15, 0.2) is 17.3 Å². The molecule has 0 atom stereocenters. The summed E-state index contributed by atoms with van der Waals surface area (Å²) in [6.45, 7) is 5.76. The number of pyridine rings is 3. The van der Waals surface area contributed by atoms with E-state index < -0.39 is 23.0 Å². The van der Waals surface area contributed by atoms with Crippen molar-refractivity contribution in [1.82, 2.24) is 15.0 Å². The monoisotopic (exact) mass is 586 g/mol. The maximum absolute atomic E-state index is 15.2. The number of benzene rings is 2. The Kier molecular flexibility index (Phi) is 8.44. The van der Waals surface area contributed by atoms with Gasteiger partial charge in [-0.2, -0.15) is 0 Å². The van der Waals surface area contributed by atoms with E-state index in [0.717, 1.165) is 6.07 Å². The van der Waals surface area contributed by atoms with Gasteiger partial charge < -0.3 is 24.5 Å². The lowest BCUT2D eigenvalue weighted by molar-refractivity contribution is 0.102. The molecule has 0 bridgehead atoms. The van der Waals surface area contributed by atoms with Crippen molar-refractivity contribution in [1.29, 1.82) is 0 Å². The second kappa shape index (κ2) is 12.4. The standard InChI is InChI=1S/C32H28F2N4O5/c1-17-13-20(33)5-7-23(17)28-18(2)37-19(3)29(31(28)39)32(40)38-21-6-8-26(24(34)14-21)43-27-9-10-35-25-15-22(16-36-30(25)27)42-12-11-41-4/h5-10,13-16H,11-12H2,1-4H3,(H,37,39)(H,38,40). The summed E-state index contributed by atoms with van der Waals surface area (Å²) in [5.74, 6) is -1.23. The number of carbonyl (C=O) groups is 1. The lowest BCUT2D eigenvalue weighted by Gasteiger charge is -2.14. The first-order valence-corrected chi connectivity index (χ1v) is 13.3. The van der Waals surface area contributed by atoms with Crippen molar-refractivity contribution in [3.63, 3.8) is 0 Å². The van der Waals surface area contributed by atoms with Gasteiger partial charge in [-0.3, -0.25) is 14.6 Å². The smallest absolute Gasteiger partial charge is 0.261 e. The molecule has 0 spiro atoms. The molecule has 3 aromatic heterocycles. The number of fused-ring (bicyclic) bond motifs is 1. The average Bonchev–Trinajstić information content (AvgIpc) is 2.95. The van der Waals surface area contributed by atoms with Crippen LogP contribution < -0.4 is 20.2 Å². The van der Waals surface area contributed by atoms with E-state index >= 15 is 4.39 Å². The number of amides is 1. The Morgan fingerprint density at radius 3 is 2.51 bits per heavy atom. The van der Waals surface area contributed by atoms with E-state index in [2.05, 4.69) is 20.3 Å². The fourth-order valence-corrected chi connectivity index (χ4v) is 4.74. The van der Waals surface area contributed by atoms with E-state index in [0.29, 0.717) is 52.5 Å². The summed E-state index contributed by atoms with van der Waals surface area (Å²) in [6.07, 6.45) is 3.02. The lowest BCUT2D eigenvalue weighted by atomic mass is 9.96. The number of aromatic nitrogens is 3. The SMILES string of the molecule is COCCOc1cnc2c(Oc3ccc(NC(=O)c4c(C)[nH]c(C)c(-c5ccc(F)cc5C)c4=O)cc3F)ccnc2c1. The number of nitrogens with one attached hydrogen (secondary N) is 2. The summed E-state index contributed by atoms with van der Waals surface area (Å²) in [5.41, 5.74) is 2.55. The van der Waals surface area contributed by atoms with Gasteiger partial charge in [-0.1, -0.05) is 6.07 Å². The quantitative estimate of drug-likeness (QED) is 0.196. The number of aromatic amines is 1. The van der Waals surface area contributed by atoms with Gasteiger partial charge in [0, 0.05) is 54.1 Å². The number of carbonyl (C=O) groups excluding carboxylic acids is 1. The first-order valence-electron chi connectivity index (χ1n) is 13.3. The third kappa shape index (κ3) is 6.21. The summed E-state index contributed by atoms with van der Waals surface area (Å²) in [7, 11) is 1.58. The van der Waals surface area contributed by atoms with Crippen LogP contribution in [-0.2, 0) is 4.74 Å². The molecule has 5 aromatic rings. The fraction of sp³-hybridized carbons (Fsp3) is 0.188. The minimum Gasteiger partial charge on any atom is -0.489 e.